The number of anilines is 1. The van der Waals surface area contributed by atoms with E-state index in [9.17, 15) is 9.18 Å². The van der Waals surface area contributed by atoms with Crippen molar-refractivity contribution in [3.05, 3.63) is 29.6 Å². The second kappa shape index (κ2) is 6.86. The summed E-state index contributed by atoms with van der Waals surface area (Å²) in [5.74, 6) is -0.531. The molecule has 0 saturated carbocycles. The number of nitriles is 2. The average molecular weight is 327 g/mol. The van der Waals surface area contributed by atoms with Crippen LogP contribution in [0.2, 0.25) is 0 Å². The predicted molar refractivity (Wildman–Crippen MR) is 85.3 cm³/mol. The Morgan fingerprint density at radius 3 is 2.96 bits per heavy atom. The maximum absolute atomic E-state index is 13.9. The zero-order chi connectivity index (χ0) is 17.1. The van der Waals surface area contributed by atoms with Crippen molar-refractivity contribution in [2.75, 3.05) is 18.4 Å². The lowest BCUT2D eigenvalue weighted by Gasteiger charge is -2.23. The number of carbonyl (C=O) groups is 1. The molecular weight excluding hydrogens is 309 g/mol. The van der Waals surface area contributed by atoms with Crippen LogP contribution in [-0.2, 0) is 4.79 Å². The predicted octanol–water partition coefficient (Wildman–Crippen LogP) is 1.35. The van der Waals surface area contributed by atoms with Gasteiger partial charge in [0.05, 0.1) is 29.4 Å². The van der Waals surface area contributed by atoms with E-state index in [4.69, 9.17) is 10.5 Å². The van der Waals surface area contributed by atoms with E-state index in [0.29, 0.717) is 25.2 Å². The van der Waals surface area contributed by atoms with Crippen LogP contribution in [0.5, 0.6) is 0 Å². The lowest BCUT2D eigenvalue weighted by atomic mass is 10.1. The summed E-state index contributed by atoms with van der Waals surface area (Å²) in [6, 6.07) is 7.59. The van der Waals surface area contributed by atoms with E-state index in [1.165, 1.54) is 12.1 Å². The van der Waals surface area contributed by atoms with Crippen molar-refractivity contribution in [3.8, 4) is 12.1 Å². The molecule has 3 atom stereocenters. The largest absolute Gasteiger partial charge is 0.379 e. The number of amides is 1. The molecule has 2 saturated heterocycles. The number of likely N-dealkylation sites (tertiary alicyclic amines) is 1. The molecule has 1 aromatic carbocycles. The summed E-state index contributed by atoms with van der Waals surface area (Å²) in [6.07, 6.45) is 2.12. The highest BCUT2D eigenvalue weighted by molar-refractivity contribution is 5.83. The van der Waals surface area contributed by atoms with Gasteiger partial charge in [-0.3, -0.25) is 4.79 Å². The first kappa shape index (κ1) is 16.2. The van der Waals surface area contributed by atoms with Gasteiger partial charge in [0.15, 0.2) is 0 Å². The number of hydrogen-bond donors (Lipinski definition) is 2. The van der Waals surface area contributed by atoms with E-state index >= 15 is 0 Å². The van der Waals surface area contributed by atoms with Gasteiger partial charge in [0.2, 0.25) is 5.91 Å². The van der Waals surface area contributed by atoms with E-state index in [1.54, 1.807) is 11.0 Å². The molecule has 2 fully saturated rings. The van der Waals surface area contributed by atoms with Crippen LogP contribution in [0.15, 0.2) is 18.2 Å². The molecule has 2 heterocycles. The highest BCUT2D eigenvalue weighted by atomic mass is 19.1. The summed E-state index contributed by atoms with van der Waals surface area (Å²) in [6.45, 7) is 1.17. The molecule has 124 valence electrons. The van der Waals surface area contributed by atoms with Gasteiger partial charge in [-0.25, -0.2) is 4.39 Å². The van der Waals surface area contributed by atoms with E-state index in [0.717, 1.165) is 12.8 Å². The molecule has 3 rings (SSSR count). The maximum atomic E-state index is 13.9. The first-order chi connectivity index (χ1) is 11.6. The van der Waals surface area contributed by atoms with Gasteiger partial charge in [-0.2, -0.15) is 10.5 Å². The number of hydrogen-bond acceptors (Lipinski definition) is 5. The third-order valence-electron chi connectivity index (χ3n) is 4.57. The van der Waals surface area contributed by atoms with E-state index in [2.05, 4.69) is 16.7 Å². The van der Waals surface area contributed by atoms with Crippen LogP contribution in [-0.4, -0.2) is 42.0 Å². The summed E-state index contributed by atoms with van der Waals surface area (Å²) >= 11 is 0. The van der Waals surface area contributed by atoms with E-state index in [1.807, 2.05) is 6.07 Å². The van der Waals surface area contributed by atoms with Crippen LogP contribution >= 0.6 is 0 Å². The van der Waals surface area contributed by atoms with Crippen molar-refractivity contribution in [1.82, 2.24) is 10.2 Å². The number of halogens is 1. The SMILES string of the molecule is N#Cc1ccc(N[C@@H]2CN[C@H](C(=O)N3CCC[C@H]3C#N)C2)c(F)c1. The standard InChI is InChI=1S/C17H18FN5O/c18-14-6-11(8-19)3-4-15(14)22-12-7-16(21-10-12)17(24)23-5-1-2-13(23)9-20/h3-4,6,12-13,16,21-22H,1-2,5,7,10H2/t12-,13-,16-/m0/s1. The molecule has 0 aliphatic carbocycles. The number of carbonyl (C=O) groups excluding carboxylic acids is 1. The number of benzene rings is 1. The van der Waals surface area contributed by atoms with Gasteiger partial charge in [0.1, 0.15) is 11.9 Å². The second-order valence-corrected chi connectivity index (χ2v) is 6.16. The quantitative estimate of drug-likeness (QED) is 0.874. The van der Waals surface area contributed by atoms with Crippen LogP contribution in [0.3, 0.4) is 0 Å². The Labute approximate surface area is 139 Å². The van der Waals surface area contributed by atoms with Gasteiger partial charge in [-0.05, 0) is 37.5 Å². The molecule has 7 heteroatoms. The fourth-order valence-electron chi connectivity index (χ4n) is 3.32. The minimum atomic E-state index is -0.479. The molecule has 2 N–H and O–H groups in total. The highest BCUT2D eigenvalue weighted by Crippen LogP contribution is 2.23. The van der Waals surface area contributed by atoms with Crippen molar-refractivity contribution in [2.24, 2.45) is 0 Å². The Balaban J connectivity index is 1.61. The van der Waals surface area contributed by atoms with Gasteiger partial charge in [-0.15, -0.1) is 0 Å². The third kappa shape index (κ3) is 3.17. The minimum absolute atomic E-state index is 0.0522. The molecule has 1 amide bonds. The summed E-state index contributed by atoms with van der Waals surface area (Å²) in [7, 11) is 0. The van der Waals surface area contributed by atoms with Gasteiger partial charge < -0.3 is 15.5 Å². The summed E-state index contributed by atoms with van der Waals surface area (Å²) in [5.41, 5.74) is 0.595. The van der Waals surface area contributed by atoms with Crippen LogP contribution in [0.1, 0.15) is 24.8 Å². The van der Waals surface area contributed by atoms with Crippen molar-refractivity contribution >= 4 is 11.6 Å². The Morgan fingerprint density at radius 1 is 1.42 bits per heavy atom. The van der Waals surface area contributed by atoms with Crippen molar-refractivity contribution < 1.29 is 9.18 Å². The first-order valence-electron chi connectivity index (χ1n) is 8.02. The zero-order valence-electron chi connectivity index (χ0n) is 13.1. The Kier molecular flexibility index (Phi) is 4.64. The zero-order valence-corrected chi connectivity index (χ0v) is 13.1. The fraction of sp³-hybridized carbons (Fsp3) is 0.471. The highest BCUT2D eigenvalue weighted by Gasteiger charge is 2.37. The van der Waals surface area contributed by atoms with Gasteiger partial charge >= 0.3 is 0 Å². The van der Waals surface area contributed by atoms with Crippen LogP contribution < -0.4 is 10.6 Å². The maximum Gasteiger partial charge on any atom is 0.240 e. The summed E-state index contributed by atoms with van der Waals surface area (Å²) in [5, 5.41) is 24.1. The first-order valence-corrected chi connectivity index (χ1v) is 8.02. The van der Waals surface area contributed by atoms with Crippen LogP contribution in [0.25, 0.3) is 0 Å². The molecule has 1 aromatic rings. The third-order valence-corrected chi connectivity index (χ3v) is 4.57. The molecule has 0 spiro atoms. The molecular formula is C17H18FN5O. The molecule has 24 heavy (non-hydrogen) atoms. The lowest BCUT2D eigenvalue weighted by molar-refractivity contribution is -0.133. The molecule has 2 aliphatic rings. The average Bonchev–Trinajstić information content (AvgIpc) is 3.25. The molecule has 0 aromatic heterocycles. The Bertz CT molecular complexity index is 723. The lowest BCUT2D eigenvalue weighted by Crippen LogP contribution is -2.45. The Hall–Kier alpha value is -2.64. The Morgan fingerprint density at radius 2 is 2.25 bits per heavy atom. The molecule has 2 aliphatic heterocycles. The van der Waals surface area contributed by atoms with Crippen molar-refractivity contribution in [3.63, 3.8) is 0 Å². The van der Waals surface area contributed by atoms with E-state index < -0.39 is 5.82 Å². The summed E-state index contributed by atoms with van der Waals surface area (Å²) in [4.78, 5) is 14.2. The molecule has 0 radical (unpaired) electrons. The number of nitrogens with zero attached hydrogens (tertiary/aromatic N) is 3. The monoisotopic (exact) mass is 327 g/mol. The van der Waals surface area contributed by atoms with Gasteiger partial charge in [0, 0.05) is 19.1 Å². The molecule has 0 bridgehead atoms. The summed E-state index contributed by atoms with van der Waals surface area (Å²) < 4.78 is 13.9. The normalized spacial score (nSPS) is 26.0. The number of nitrogens with one attached hydrogen (secondary N) is 2. The number of rotatable bonds is 3. The van der Waals surface area contributed by atoms with Crippen LogP contribution in [0.4, 0.5) is 10.1 Å². The van der Waals surface area contributed by atoms with Gasteiger partial charge in [-0.1, -0.05) is 0 Å². The smallest absolute Gasteiger partial charge is 0.240 e. The second-order valence-electron chi connectivity index (χ2n) is 6.16. The minimum Gasteiger partial charge on any atom is -0.379 e. The van der Waals surface area contributed by atoms with Crippen molar-refractivity contribution in [1.29, 1.82) is 10.5 Å². The van der Waals surface area contributed by atoms with Gasteiger partial charge in [0.25, 0.3) is 0 Å². The van der Waals surface area contributed by atoms with E-state index in [-0.39, 0.29) is 29.6 Å². The molecule has 0 unspecified atom stereocenters. The molecule has 6 nitrogen and oxygen atoms in total. The van der Waals surface area contributed by atoms with Crippen molar-refractivity contribution in [2.45, 2.75) is 37.4 Å². The topological polar surface area (TPSA) is 91.9 Å². The van der Waals surface area contributed by atoms with Crippen LogP contribution in [0, 0.1) is 28.5 Å². The fourth-order valence-corrected chi connectivity index (χ4v) is 3.32.